The molecule has 7 rings (SSSR count). The van der Waals surface area contributed by atoms with E-state index in [0.29, 0.717) is 0 Å². The normalized spacial score (nSPS) is 24.4. The largest absolute Gasteiger partial charge is 0.271 e. The number of carbonyl (C=O) groups excluding carboxylic acids is 3. The SMILES string of the molecule is Cc1ccc(/C=C2/CCC[C@@H]3C2=NN(C(=O)CN2N=N[C@@H]4C(=O)N(c5ccc([N+](=O)[O-])cc5)C(=O)[C@H]42)[C@H]3c2ccc(C)cc2)cc1. The highest BCUT2D eigenvalue weighted by molar-refractivity contribution is 6.25. The fourth-order valence-electron chi connectivity index (χ4n) is 6.71. The molecule has 232 valence electrons. The van der Waals surface area contributed by atoms with Crippen molar-refractivity contribution in [3.63, 3.8) is 0 Å². The molecule has 0 bridgehead atoms. The molecule has 4 atom stereocenters. The summed E-state index contributed by atoms with van der Waals surface area (Å²) in [5.74, 6) is -1.56. The average molecular weight is 618 g/mol. The maximum atomic E-state index is 14.1. The van der Waals surface area contributed by atoms with Gasteiger partial charge in [0, 0.05) is 18.1 Å². The number of fused-ring (bicyclic) bond motifs is 2. The summed E-state index contributed by atoms with van der Waals surface area (Å²) in [6.45, 7) is 3.76. The number of carbonyl (C=O) groups is 3. The third-order valence-corrected chi connectivity index (χ3v) is 9.07. The second-order valence-electron chi connectivity index (χ2n) is 12.1. The maximum Gasteiger partial charge on any atom is 0.269 e. The zero-order valence-corrected chi connectivity index (χ0v) is 25.3. The number of nitro benzene ring substituents is 1. The van der Waals surface area contributed by atoms with Crippen LogP contribution in [0.1, 0.15) is 47.6 Å². The minimum atomic E-state index is -1.11. The Balaban J connectivity index is 1.17. The smallest absolute Gasteiger partial charge is 0.269 e. The lowest BCUT2D eigenvalue weighted by atomic mass is 9.77. The van der Waals surface area contributed by atoms with E-state index in [1.54, 1.807) is 0 Å². The zero-order valence-electron chi connectivity index (χ0n) is 25.3. The molecule has 0 unspecified atom stereocenters. The van der Waals surface area contributed by atoms with Gasteiger partial charge in [0.2, 0.25) is 0 Å². The van der Waals surface area contributed by atoms with E-state index in [1.165, 1.54) is 39.8 Å². The number of aryl methyl sites for hydroxylation is 2. The number of anilines is 1. The molecule has 2 fully saturated rings. The van der Waals surface area contributed by atoms with Crippen molar-refractivity contribution >= 4 is 40.9 Å². The Hall–Kier alpha value is -5.52. The van der Waals surface area contributed by atoms with E-state index >= 15 is 0 Å². The van der Waals surface area contributed by atoms with E-state index in [4.69, 9.17) is 5.10 Å². The Kier molecular flexibility index (Phi) is 7.26. The molecule has 3 amide bonds. The summed E-state index contributed by atoms with van der Waals surface area (Å²) in [6, 6.07) is 19.0. The van der Waals surface area contributed by atoms with E-state index in [9.17, 15) is 24.5 Å². The van der Waals surface area contributed by atoms with Gasteiger partial charge in [0.15, 0.2) is 12.1 Å². The molecule has 3 aliphatic heterocycles. The Morgan fingerprint density at radius 1 is 0.935 bits per heavy atom. The van der Waals surface area contributed by atoms with Crippen molar-refractivity contribution in [3.8, 4) is 0 Å². The van der Waals surface area contributed by atoms with E-state index in [2.05, 4.69) is 47.6 Å². The van der Waals surface area contributed by atoms with Crippen LogP contribution in [0.2, 0.25) is 0 Å². The monoisotopic (exact) mass is 617 g/mol. The van der Waals surface area contributed by atoms with Gasteiger partial charge in [0.05, 0.1) is 22.4 Å². The van der Waals surface area contributed by atoms with Crippen molar-refractivity contribution < 1.29 is 19.3 Å². The zero-order chi connectivity index (χ0) is 32.1. The highest BCUT2D eigenvalue weighted by atomic mass is 16.6. The van der Waals surface area contributed by atoms with Crippen molar-refractivity contribution in [2.45, 2.75) is 51.2 Å². The number of amides is 3. The predicted molar refractivity (Wildman–Crippen MR) is 169 cm³/mol. The van der Waals surface area contributed by atoms with E-state index in [-0.39, 0.29) is 35.8 Å². The second kappa shape index (κ2) is 11.4. The number of nitrogens with zero attached hydrogens (tertiary/aromatic N) is 7. The molecule has 0 aromatic heterocycles. The third kappa shape index (κ3) is 5.05. The Bertz CT molecular complexity index is 1830. The molecule has 3 aromatic rings. The van der Waals surface area contributed by atoms with Gasteiger partial charge in [-0.2, -0.15) is 10.2 Å². The van der Waals surface area contributed by atoms with Gasteiger partial charge in [0.25, 0.3) is 23.4 Å². The highest BCUT2D eigenvalue weighted by Crippen LogP contribution is 2.45. The van der Waals surface area contributed by atoms with Crippen molar-refractivity contribution in [1.29, 1.82) is 0 Å². The Morgan fingerprint density at radius 3 is 2.28 bits per heavy atom. The van der Waals surface area contributed by atoms with E-state index in [0.717, 1.165) is 52.1 Å². The van der Waals surface area contributed by atoms with Crippen LogP contribution in [0.5, 0.6) is 0 Å². The molecular formula is C34H31N7O5. The maximum absolute atomic E-state index is 14.1. The molecule has 0 radical (unpaired) electrons. The number of hydrogen-bond acceptors (Lipinski definition) is 9. The Morgan fingerprint density at radius 2 is 1.61 bits per heavy atom. The van der Waals surface area contributed by atoms with Crippen LogP contribution in [-0.2, 0) is 14.4 Å². The number of imide groups is 1. The predicted octanol–water partition coefficient (Wildman–Crippen LogP) is 5.33. The molecular weight excluding hydrogens is 586 g/mol. The molecule has 1 saturated carbocycles. The summed E-state index contributed by atoms with van der Waals surface area (Å²) in [4.78, 5) is 52.3. The van der Waals surface area contributed by atoms with E-state index in [1.807, 2.05) is 31.2 Å². The molecule has 46 heavy (non-hydrogen) atoms. The van der Waals surface area contributed by atoms with Crippen LogP contribution in [0.15, 0.2) is 93.8 Å². The van der Waals surface area contributed by atoms with Gasteiger partial charge < -0.3 is 0 Å². The summed E-state index contributed by atoms with van der Waals surface area (Å²) in [5, 5.41) is 26.9. The van der Waals surface area contributed by atoms with Gasteiger partial charge in [-0.1, -0.05) is 64.9 Å². The number of hydrogen-bond donors (Lipinski definition) is 0. The van der Waals surface area contributed by atoms with Crippen molar-refractivity contribution in [2.75, 3.05) is 11.4 Å². The van der Waals surface area contributed by atoms with Crippen LogP contribution in [0.4, 0.5) is 11.4 Å². The minimum Gasteiger partial charge on any atom is -0.271 e. The van der Waals surface area contributed by atoms with Gasteiger partial charge in [-0.3, -0.25) is 29.5 Å². The molecule has 12 heteroatoms. The first kappa shape index (κ1) is 29.2. The molecule has 1 aliphatic carbocycles. The fraction of sp³-hybridized carbons (Fsp3) is 0.294. The number of hydrazone groups is 1. The van der Waals surface area contributed by atoms with E-state index < -0.39 is 28.8 Å². The van der Waals surface area contributed by atoms with Gasteiger partial charge in [-0.15, -0.1) is 0 Å². The first-order valence-electron chi connectivity index (χ1n) is 15.2. The molecule has 0 N–H and O–H groups in total. The number of non-ortho nitro benzene ring substituents is 1. The standard InChI is InChI=1S/C34H31N7O5/c1-20-6-10-22(11-7-20)18-24-4-3-5-27-29(24)36-40(31(27)23-12-8-21(2)9-13-23)28(42)19-38-32-30(35-37-38)33(43)39(34(32)44)25-14-16-26(17-15-25)41(45)46/h6-18,27,30-32H,3-5,19H2,1-2H3/b24-18-/t27-,30+,31+,32+/m1/s1. The summed E-state index contributed by atoms with van der Waals surface area (Å²) in [7, 11) is 0. The molecule has 1 saturated heterocycles. The fourth-order valence-corrected chi connectivity index (χ4v) is 6.71. The number of nitro groups is 1. The molecule has 12 nitrogen and oxygen atoms in total. The Labute approximate surface area is 264 Å². The first-order valence-corrected chi connectivity index (χ1v) is 15.2. The number of rotatable bonds is 6. The summed E-state index contributed by atoms with van der Waals surface area (Å²) < 4.78 is 0. The van der Waals surface area contributed by atoms with Crippen LogP contribution < -0.4 is 4.90 Å². The van der Waals surface area contributed by atoms with Crippen LogP contribution in [-0.4, -0.2) is 57.0 Å². The molecule has 0 spiro atoms. The van der Waals surface area contributed by atoms with Gasteiger partial charge >= 0.3 is 0 Å². The third-order valence-electron chi connectivity index (χ3n) is 9.07. The number of benzene rings is 3. The van der Waals surface area contributed by atoms with Gasteiger partial charge in [-0.05, 0) is 68.0 Å². The van der Waals surface area contributed by atoms with Crippen LogP contribution in [0, 0.1) is 29.9 Å². The highest BCUT2D eigenvalue weighted by Gasteiger charge is 2.55. The van der Waals surface area contributed by atoms with Crippen molar-refractivity contribution in [1.82, 2.24) is 10.0 Å². The molecule has 4 aliphatic rings. The van der Waals surface area contributed by atoms with Crippen LogP contribution in [0.25, 0.3) is 6.08 Å². The molecule has 3 heterocycles. The first-order chi connectivity index (χ1) is 22.2. The number of allylic oxidation sites excluding steroid dienone is 1. The van der Waals surface area contributed by atoms with Crippen LogP contribution >= 0.6 is 0 Å². The summed E-state index contributed by atoms with van der Waals surface area (Å²) in [5.41, 5.74) is 6.35. The van der Waals surface area contributed by atoms with Crippen molar-refractivity contribution in [2.24, 2.45) is 21.4 Å². The second-order valence-corrected chi connectivity index (χ2v) is 12.1. The van der Waals surface area contributed by atoms with Crippen molar-refractivity contribution in [3.05, 3.63) is 111 Å². The lowest BCUT2D eigenvalue weighted by molar-refractivity contribution is -0.384. The summed E-state index contributed by atoms with van der Waals surface area (Å²) >= 11 is 0. The topological polar surface area (TPSA) is 141 Å². The summed E-state index contributed by atoms with van der Waals surface area (Å²) in [6.07, 6.45) is 4.84. The quantitative estimate of drug-likeness (QED) is 0.208. The lowest BCUT2D eigenvalue weighted by Gasteiger charge is -2.30. The van der Waals surface area contributed by atoms with Crippen LogP contribution in [0.3, 0.4) is 0 Å². The average Bonchev–Trinajstić information content (AvgIpc) is 3.72. The minimum absolute atomic E-state index is 0.00243. The van der Waals surface area contributed by atoms with Gasteiger partial charge in [0.1, 0.15) is 6.54 Å². The lowest BCUT2D eigenvalue weighted by Crippen LogP contribution is -2.45. The molecule has 3 aromatic carbocycles. The van der Waals surface area contributed by atoms with Gasteiger partial charge in [-0.25, -0.2) is 9.91 Å².